The monoisotopic (exact) mass is 216 g/mol. The van der Waals surface area contributed by atoms with Gasteiger partial charge in [-0.2, -0.15) is 0 Å². The molecule has 0 atom stereocenters. The summed E-state index contributed by atoms with van der Waals surface area (Å²) in [7, 11) is 0. The number of ether oxygens (including phenoxy) is 2. The molecule has 0 fully saturated rings. The molecule has 1 aliphatic heterocycles. The molecular formula is C10H13ClO3. The largest absolute Gasteiger partial charge is 0.492 e. The molecular weight excluding hydrogens is 204 g/mol. The average Bonchev–Trinajstić information content (AvgIpc) is 2.17. The van der Waals surface area contributed by atoms with E-state index in [0.717, 1.165) is 12.8 Å². The lowest BCUT2D eigenvalue weighted by atomic mass is 10.2. The fourth-order valence-corrected chi connectivity index (χ4v) is 1.33. The van der Waals surface area contributed by atoms with E-state index in [1.165, 1.54) is 6.08 Å². The highest BCUT2D eigenvalue weighted by atomic mass is 35.5. The number of carbonyl (C=O) groups is 1. The molecule has 0 radical (unpaired) electrons. The first-order chi connectivity index (χ1) is 6.74. The topological polar surface area (TPSA) is 35.5 Å². The SMILES string of the molecule is CCOC(=O)/C=C/C1=C(Cl)CCCO1. The molecule has 4 heteroatoms. The molecule has 3 nitrogen and oxygen atoms in total. The van der Waals surface area contributed by atoms with Crippen LogP contribution in [0.25, 0.3) is 0 Å². The van der Waals surface area contributed by atoms with Crippen LogP contribution in [0.4, 0.5) is 0 Å². The second-order valence-corrected chi connectivity index (χ2v) is 3.26. The summed E-state index contributed by atoms with van der Waals surface area (Å²) in [5, 5.41) is 0.664. The van der Waals surface area contributed by atoms with E-state index in [1.807, 2.05) is 0 Å². The highest BCUT2D eigenvalue weighted by Gasteiger charge is 2.09. The molecule has 0 aliphatic carbocycles. The fraction of sp³-hybridized carbons (Fsp3) is 0.500. The summed E-state index contributed by atoms with van der Waals surface area (Å²) in [5.41, 5.74) is 0. The quantitative estimate of drug-likeness (QED) is 0.537. The van der Waals surface area contributed by atoms with Crippen LogP contribution >= 0.6 is 11.6 Å². The summed E-state index contributed by atoms with van der Waals surface area (Å²) in [6, 6.07) is 0. The Kier molecular flexibility index (Phi) is 4.53. The standard InChI is InChI=1S/C10H13ClO3/c1-2-13-10(12)6-5-9-8(11)4-3-7-14-9/h5-6H,2-4,7H2,1H3/b6-5+. The third kappa shape index (κ3) is 3.42. The van der Waals surface area contributed by atoms with Crippen molar-refractivity contribution in [1.29, 1.82) is 0 Å². The van der Waals surface area contributed by atoms with Crippen LogP contribution in [0, 0.1) is 0 Å². The van der Waals surface area contributed by atoms with Gasteiger partial charge in [0.15, 0.2) is 0 Å². The van der Waals surface area contributed by atoms with Crippen molar-refractivity contribution < 1.29 is 14.3 Å². The Morgan fingerprint density at radius 3 is 3.14 bits per heavy atom. The van der Waals surface area contributed by atoms with Crippen molar-refractivity contribution in [2.45, 2.75) is 19.8 Å². The maximum Gasteiger partial charge on any atom is 0.330 e. The summed E-state index contributed by atoms with van der Waals surface area (Å²) < 4.78 is 9.99. The second-order valence-electron chi connectivity index (χ2n) is 2.81. The van der Waals surface area contributed by atoms with Crippen LogP contribution in [-0.4, -0.2) is 19.2 Å². The molecule has 78 valence electrons. The van der Waals surface area contributed by atoms with Crippen LogP contribution < -0.4 is 0 Å². The first kappa shape index (κ1) is 11.1. The molecule has 1 heterocycles. The minimum Gasteiger partial charge on any atom is -0.492 e. The van der Waals surface area contributed by atoms with E-state index in [-0.39, 0.29) is 5.97 Å². The Bertz CT molecular complexity index is 269. The van der Waals surface area contributed by atoms with Crippen molar-refractivity contribution in [3.8, 4) is 0 Å². The lowest BCUT2D eigenvalue weighted by Crippen LogP contribution is -2.04. The number of hydrogen-bond donors (Lipinski definition) is 0. The summed E-state index contributed by atoms with van der Waals surface area (Å²) >= 11 is 5.89. The van der Waals surface area contributed by atoms with Crippen molar-refractivity contribution in [2.24, 2.45) is 0 Å². The van der Waals surface area contributed by atoms with Gasteiger partial charge < -0.3 is 9.47 Å². The summed E-state index contributed by atoms with van der Waals surface area (Å²) in [6.45, 7) is 2.78. The maximum atomic E-state index is 11.0. The van der Waals surface area contributed by atoms with Gasteiger partial charge >= 0.3 is 5.97 Å². The maximum absolute atomic E-state index is 11.0. The zero-order valence-corrected chi connectivity index (χ0v) is 8.84. The molecule has 0 saturated carbocycles. The van der Waals surface area contributed by atoms with Crippen molar-refractivity contribution >= 4 is 17.6 Å². The molecule has 0 aromatic rings. The molecule has 1 rings (SSSR count). The van der Waals surface area contributed by atoms with Crippen LogP contribution in [0.3, 0.4) is 0 Å². The highest BCUT2D eigenvalue weighted by Crippen LogP contribution is 2.22. The van der Waals surface area contributed by atoms with Crippen LogP contribution in [0.15, 0.2) is 22.9 Å². The molecule has 0 aromatic carbocycles. The predicted molar refractivity (Wildman–Crippen MR) is 53.8 cm³/mol. The zero-order valence-electron chi connectivity index (χ0n) is 8.09. The number of allylic oxidation sites excluding steroid dienone is 2. The van der Waals surface area contributed by atoms with Crippen molar-refractivity contribution in [3.63, 3.8) is 0 Å². The van der Waals surface area contributed by atoms with Crippen LogP contribution in [0.5, 0.6) is 0 Å². The first-order valence-corrected chi connectivity index (χ1v) is 4.98. The van der Waals surface area contributed by atoms with Gasteiger partial charge in [-0.05, 0) is 25.8 Å². The van der Waals surface area contributed by atoms with Crippen molar-refractivity contribution in [2.75, 3.05) is 13.2 Å². The van der Waals surface area contributed by atoms with Gasteiger partial charge in [-0.15, -0.1) is 0 Å². The van der Waals surface area contributed by atoms with Gasteiger partial charge in [0, 0.05) is 6.08 Å². The van der Waals surface area contributed by atoms with E-state index in [9.17, 15) is 4.79 Å². The lowest BCUT2D eigenvalue weighted by Gasteiger charge is -2.14. The number of esters is 1. The number of rotatable bonds is 3. The zero-order chi connectivity index (χ0) is 10.4. The molecule has 0 amide bonds. The number of halogens is 1. The summed E-state index contributed by atoms with van der Waals surface area (Å²) in [6.07, 6.45) is 4.62. The molecule has 0 aromatic heterocycles. The number of carbonyl (C=O) groups excluding carboxylic acids is 1. The van der Waals surface area contributed by atoms with Gasteiger partial charge in [-0.3, -0.25) is 0 Å². The van der Waals surface area contributed by atoms with E-state index < -0.39 is 0 Å². The Balaban J connectivity index is 2.53. The molecule has 0 saturated heterocycles. The Labute approximate surface area is 88.3 Å². The van der Waals surface area contributed by atoms with Crippen LogP contribution in [0.1, 0.15) is 19.8 Å². The third-order valence-electron chi connectivity index (χ3n) is 1.72. The first-order valence-electron chi connectivity index (χ1n) is 4.60. The molecule has 14 heavy (non-hydrogen) atoms. The van der Waals surface area contributed by atoms with Gasteiger partial charge in [0.25, 0.3) is 0 Å². The Morgan fingerprint density at radius 1 is 1.71 bits per heavy atom. The van der Waals surface area contributed by atoms with Gasteiger partial charge in [0.05, 0.1) is 18.2 Å². The lowest BCUT2D eigenvalue weighted by molar-refractivity contribution is -0.137. The minimum atomic E-state index is -0.376. The third-order valence-corrected chi connectivity index (χ3v) is 2.10. The second kappa shape index (κ2) is 5.70. The average molecular weight is 217 g/mol. The fourth-order valence-electron chi connectivity index (χ4n) is 1.08. The van der Waals surface area contributed by atoms with E-state index in [1.54, 1.807) is 13.0 Å². The minimum absolute atomic E-state index is 0.372. The van der Waals surface area contributed by atoms with Crippen LogP contribution in [0.2, 0.25) is 0 Å². The Morgan fingerprint density at radius 2 is 2.50 bits per heavy atom. The molecule has 0 N–H and O–H groups in total. The van der Waals surface area contributed by atoms with Gasteiger partial charge in [-0.25, -0.2) is 4.79 Å². The van der Waals surface area contributed by atoms with Gasteiger partial charge in [0.1, 0.15) is 5.76 Å². The summed E-state index contributed by atoms with van der Waals surface area (Å²) in [4.78, 5) is 11.0. The number of hydrogen-bond acceptors (Lipinski definition) is 3. The van der Waals surface area contributed by atoms with Gasteiger partial charge in [-0.1, -0.05) is 11.6 Å². The molecule has 0 unspecified atom stereocenters. The van der Waals surface area contributed by atoms with E-state index >= 15 is 0 Å². The summed E-state index contributed by atoms with van der Waals surface area (Å²) in [5.74, 6) is 0.199. The van der Waals surface area contributed by atoms with Crippen LogP contribution in [-0.2, 0) is 14.3 Å². The molecule has 0 spiro atoms. The highest BCUT2D eigenvalue weighted by molar-refractivity contribution is 6.30. The predicted octanol–water partition coefficient (Wildman–Crippen LogP) is 2.37. The van der Waals surface area contributed by atoms with Crippen molar-refractivity contribution in [1.82, 2.24) is 0 Å². The Hall–Kier alpha value is -0.960. The normalized spacial score (nSPS) is 17.0. The molecule has 0 bridgehead atoms. The molecule has 1 aliphatic rings. The van der Waals surface area contributed by atoms with Crippen molar-refractivity contribution in [3.05, 3.63) is 22.9 Å². The smallest absolute Gasteiger partial charge is 0.330 e. The van der Waals surface area contributed by atoms with Gasteiger partial charge in [0.2, 0.25) is 0 Å². The van der Waals surface area contributed by atoms with E-state index in [2.05, 4.69) is 0 Å². The van der Waals surface area contributed by atoms with E-state index in [4.69, 9.17) is 21.1 Å². The van der Waals surface area contributed by atoms with E-state index in [0.29, 0.717) is 24.0 Å².